The number of aliphatic hydroxyl groups excluding tert-OH is 1. The van der Waals surface area contributed by atoms with E-state index in [0.717, 1.165) is 19.5 Å². The molecule has 2 fully saturated rings. The molecule has 0 aromatic carbocycles. The van der Waals surface area contributed by atoms with E-state index in [1.807, 2.05) is 0 Å². The Hall–Kier alpha value is -0.120. The Morgan fingerprint density at radius 1 is 1.16 bits per heavy atom. The highest BCUT2D eigenvalue weighted by atomic mass is 16.3. The number of aliphatic hydroxyl groups is 1. The first-order valence-electron chi connectivity index (χ1n) is 8.20. The number of nitrogens with zero attached hydrogens (tertiary/aromatic N) is 1. The van der Waals surface area contributed by atoms with Gasteiger partial charge in [0.05, 0.1) is 12.1 Å². The third kappa shape index (κ3) is 3.93. The van der Waals surface area contributed by atoms with Crippen LogP contribution >= 0.6 is 0 Å². The molecule has 2 rings (SSSR count). The van der Waals surface area contributed by atoms with Crippen molar-refractivity contribution in [3.63, 3.8) is 0 Å². The van der Waals surface area contributed by atoms with Crippen LogP contribution in [-0.4, -0.2) is 48.3 Å². The number of rotatable bonds is 6. The summed E-state index contributed by atoms with van der Waals surface area (Å²) in [6.45, 7) is 8.99. The number of nitrogens with one attached hydrogen (secondary N) is 1. The van der Waals surface area contributed by atoms with E-state index >= 15 is 0 Å². The number of hydrogen-bond acceptors (Lipinski definition) is 3. The molecular formula is C16H32N2O. The van der Waals surface area contributed by atoms with Crippen LogP contribution in [0.5, 0.6) is 0 Å². The van der Waals surface area contributed by atoms with Crippen molar-refractivity contribution in [2.24, 2.45) is 5.41 Å². The minimum absolute atomic E-state index is 0.129. The number of piperidine rings is 1. The van der Waals surface area contributed by atoms with Gasteiger partial charge in [0.25, 0.3) is 0 Å². The molecule has 19 heavy (non-hydrogen) atoms. The molecule has 1 atom stereocenters. The van der Waals surface area contributed by atoms with Crippen LogP contribution in [0.15, 0.2) is 0 Å². The third-order valence-electron chi connectivity index (χ3n) is 5.30. The normalized spacial score (nSPS) is 26.7. The van der Waals surface area contributed by atoms with Crippen molar-refractivity contribution >= 4 is 0 Å². The summed E-state index contributed by atoms with van der Waals surface area (Å²) in [4.78, 5) is 2.56. The van der Waals surface area contributed by atoms with Gasteiger partial charge in [0.15, 0.2) is 0 Å². The van der Waals surface area contributed by atoms with E-state index < -0.39 is 0 Å². The fraction of sp³-hybridized carbons (Fsp3) is 1.00. The van der Waals surface area contributed by atoms with Crippen molar-refractivity contribution in [2.45, 2.75) is 64.3 Å². The lowest BCUT2D eigenvalue weighted by Gasteiger charge is -2.43. The Kier molecular flexibility index (Phi) is 5.27. The van der Waals surface area contributed by atoms with Gasteiger partial charge in [-0.25, -0.2) is 0 Å². The Labute approximate surface area is 118 Å². The minimum atomic E-state index is -0.129. The topological polar surface area (TPSA) is 35.5 Å². The van der Waals surface area contributed by atoms with Gasteiger partial charge < -0.3 is 15.3 Å². The van der Waals surface area contributed by atoms with E-state index in [1.54, 1.807) is 0 Å². The second kappa shape index (κ2) is 6.55. The van der Waals surface area contributed by atoms with Gasteiger partial charge in [0.2, 0.25) is 0 Å². The molecule has 112 valence electrons. The maximum Gasteiger partial charge on any atom is 0.0623 e. The van der Waals surface area contributed by atoms with Crippen LogP contribution in [-0.2, 0) is 0 Å². The number of hydrogen-bond donors (Lipinski definition) is 2. The highest BCUT2D eigenvalue weighted by Gasteiger charge is 2.38. The Morgan fingerprint density at radius 2 is 1.79 bits per heavy atom. The summed E-state index contributed by atoms with van der Waals surface area (Å²) < 4.78 is 0. The van der Waals surface area contributed by atoms with Crippen LogP contribution in [0.3, 0.4) is 0 Å². The van der Waals surface area contributed by atoms with E-state index in [0.29, 0.717) is 5.41 Å². The molecule has 0 aromatic rings. The lowest BCUT2D eigenvalue weighted by atomic mass is 9.77. The summed E-state index contributed by atoms with van der Waals surface area (Å²) in [5, 5.41) is 13.2. The number of likely N-dealkylation sites (tertiary alicyclic amines) is 1. The van der Waals surface area contributed by atoms with Crippen molar-refractivity contribution in [1.29, 1.82) is 0 Å². The summed E-state index contributed by atoms with van der Waals surface area (Å²) in [6, 6.07) is 0. The molecule has 1 saturated carbocycles. The molecule has 3 heteroatoms. The molecule has 1 heterocycles. The zero-order chi connectivity index (χ0) is 13.8. The lowest BCUT2D eigenvalue weighted by molar-refractivity contribution is 0.0652. The predicted octanol–water partition coefficient (Wildman–Crippen LogP) is 2.39. The minimum Gasteiger partial charge on any atom is -0.394 e. The molecule has 1 unspecified atom stereocenters. The van der Waals surface area contributed by atoms with E-state index in [4.69, 9.17) is 0 Å². The van der Waals surface area contributed by atoms with E-state index in [9.17, 15) is 5.11 Å². The second-order valence-corrected chi connectivity index (χ2v) is 7.13. The van der Waals surface area contributed by atoms with Crippen LogP contribution in [0.25, 0.3) is 0 Å². The molecule has 2 N–H and O–H groups in total. The standard InChI is InChI=1S/C16H32N2O/c1-3-10-17-15(2,14-19)13-18-11-8-16(9-12-18)6-4-5-7-16/h17,19H,3-14H2,1-2H3. The van der Waals surface area contributed by atoms with Crippen molar-refractivity contribution < 1.29 is 5.11 Å². The van der Waals surface area contributed by atoms with Gasteiger partial charge in [0, 0.05) is 6.54 Å². The van der Waals surface area contributed by atoms with Crippen LogP contribution in [0.4, 0.5) is 0 Å². The van der Waals surface area contributed by atoms with Gasteiger partial charge in [0.1, 0.15) is 0 Å². The largest absolute Gasteiger partial charge is 0.394 e. The molecule has 0 amide bonds. The maximum absolute atomic E-state index is 9.66. The van der Waals surface area contributed by atoms with Gasteiger partial charge >= 0.3 is 0 Å². The molecule has 0 bridgehead atoms. The van der Waals surface area contributed by atoms with Gasteiger partial charge in [-0.3, -0.25) is 0 Å². The van der Waals surface area contributed by atoms with Crippen LogP contribution in [0.1, 0.15) is 58.8 Å². The zero-order valence-corrected chi connectivity index (χ0v) is 12.9. The average molecular weight is 268 g/mol. The molecule has 1 spiro atoms. The smallest absolute Gasteiger partial charge is 0.0623 e. The molecule has 1 aliphatic heterocycles. The molecule has 1 saturated heterocycles. The lowest BCUT2D eigenvalue weighted by Crippen LogP contribution is -2.56. The second-order valence-electron chi connectivity index (χ2n) is 7.13. The molecule has 1 aliphatic carbocycles. The summed E-state index contributed by atoms with van der Waals surface area (Å²) >= 11 is 0. The molecule has 2 aliphatic rings. The Morgan fingerprint density at radius 3 is 2.32 bits per heavy atom. The van der Waals surface area contributed by atoms with Crippen molar-refractivity contribution in [3.05, 3.63) is 0 Å². The third-order valence-corrected chi connectivity index (χ3v) is 5.30. The molecule has 0 aromatic heterocycles. The van der Waals surface area contributed by atoms with Crippen molar-refractivity contribution in [2.75, 3.05) is 32.8 Å². The highest BCUT2D eigenvalue weighted by molar-refractivity contribution is 4.93. The predicted molar refractivity (Wildman–Crippen MR) is 80.4 cm³/mol. The van der Waals surface area contributed by atoms with E-state index in [2.05, 4.69) is 24.1 Å². The summed E-state index contributed by atoms with van der Waals surface area (Å²) in [5.41, 5.74) is 0.569. The quantitative estimate of drug-likeness (QED) is 0.776. The van der Waals surface area contributed by atoms with Gasteiger partial charge in [-0.1, -0.05) is 19.8 Å². The highest BCUT2D eigenvalue weighted by Crippen LogP contribution is 2.46. The fourth-order valence-electron chi connectivity index (χ4n) is 3.89. The van der Waals surface area contributed by atoms with Crippen LogP contribution < -0.4 is 5.32 Å². The Bertz CT molecular complexity index is 266. The van der Waals surface area contributed by atoms with Crippen molar-refractivity contribution in [1.82, 2.24) is 10.2 Å². The van der Waals surface area contributed by atoms with Gasteiger partial charge in [-0.2, -0.15) is 0 Å². The SMILES string of the molecule is CCCNC(C)(CO)CN1CCC2(CCCC2)CC1. The van der Waals surface area contributed by atoms with E-state index in [1.165, 1.54) is 51.6 Å². The molecular weight excluding hydrogens is 236 g/mol. The monoisotopic (exact) mass is 268 g/mol. The van der Waals surface area contributed by atoms with Crippen LogP contribution in [0, 0.1) is 5.41 Å². The maximum atomic E-state index is 9.66. The average Bonchev–Trinajstić information content (AvgIpc) is 2.88. The summed E-state index contributed by atoms with van der Waals surface area (Å²) in [7, 11) is 0. The van der Waals surface area contributed by atoms with Crippen LogP contribution in [0.2, 0.25) is 0 Å². The summed E-state index contributed by atoms with van der Waals surface area (Å²) in [5.74, 6) is 0. The van der Waals surface area contributed by atoms with Gasteiger partial charge in [-0.15, -0.1) is 0 Å². The zero-order valence-electron chi connectivity index (χ0n) is 12.9. The first-order chi connectivity index (χ1) is 9.11. The molecule has 0 radical (unpaired) electrons. The van der Waals surface area contributed by atoms with E-state index in [-0.39, 0.29) is 12.1 Å². The Balaban J connectivity index is 1.80. The fourth-order valence-corrected chi connectivity index (χ4v) is 3.89. The first-order valence-corrected chi connectivity index (χ1v) is 8.20. The first kappa shape index (κ1) is 15.3. The molecule has 3 nitrogen and oxygen atoms in total. The van der Waals surface area contributed by atoms with Gasteiger partial charge in [-0.05, 0) is 64.1 Å². The van der Waals surface area contributed by atoms with Crippen molar-refractivity contribution in [3.8, 4) is 0 Å². The summed E-state index contributed by atoms with van der Waals surface area (Å²) in [6.07, 6.45) is 9.71.